The second-order valence-electron chi connectivity index (χ2n) is 7.19. The van der Waals surface area contributed by atoms with Crippen molar-refractivity contribution in [2.45, 2.75) is 12.8 Å². The van der Waals surface area contributed by atoms with E-state index in [0.717, 1.165) is 11.1 Å². The van der Waals surface area contributed by atoms with Crippen LogP contribution in [0.2, 0.25) is 0 Å². The first kappa shape index (κ1) is 20.4. The molecule has 1 atom stereocenters. The summed E-state index contributed by atoms with van der Waals surface area (Å²) in [5, 5.41) is 3.24. The van der Waals surface area contributed by atoms with Gasteiger partial charge in [-0.15, -0.1) is 0 Å². The molecular formula is C24H21NO6. The van der Waals surface area contributed by atoms with E-state index in [1.54, 1.807) is 37.3 Å². The van der Waals surface area contributed by atoms with Crippen molar-refractivity contribution in [1.29, 1.82) is 0 Å². The smallest absolute Gasteiger partial charge is 0.343 e. The van der Waals surface area contributed by atoms with Gasteiger partial charge in [-0.25, -0.2) is 9.59 Å². The monoisotopic (exact) mass is 419 g/mol. The maximum absolute atomic E-state index is 13.3. The lowest BCUT2D eigenvalue weighted by Crippen LogP contribution is -2.29. The number of carbonyl (C=O) groups is 3. The van der Waals surface area contributed by atoms with E-state index >= 15 is 0 Å². The number of benzene rings is 2. The quantitative estimate of drug-likeness (QED) is 0.745. The SMILES string of the molecule is COC(=O)COc1ccc([C@H]2C(C(=O)OC)=C(C)NC3=C2C(=O)c2ccccc23)cc1. The van der Waals surface area contributed by atoms with Crippen molar-refractivity contribution >= 4 is 23.4 Å². The molecule has 0 aromatic heterocycles. The Morgan fingerprint density at radius 3 is 2.29 bits per heavy atom. The Hall–Kier alpha value is -3.87. The lowest BCUT2D eigenvalue weighted by atomic mass is 9.80. The zero-order valence-corrected chi connectivity index (χ0v) is 17.4. The second-order valence-corrected chi connectivity index (χ2v) is 7.19. The van der Waals surface area contributed by atoms with Crippen molar-refractivity contribution < 1.29 is 28.6 Å². The number of esters is 2. The maximum atomic E-state index is 13.3. The summed E-state index contributed by atoms with van der Waals surface area (Å²) in [6.07, 6.45) is 0. The number of nitrogens with one attached hydrogen (secondary N) is 1. The molecule has 0 saturated carbocycles. The molecule has 7 nitrogen and oxygen atoms in total. The van der Waals surface area contributed by atoms with Crippen molar-refractivity contribution in [2.24, 2.45) is 0 Å². The lowest BCUT2D eigenvalue weighted by Gasteiger charge is -2.29. The summed E-state index contributed by atoms with van der Waals surface area (Å²) in [6.45, 7) is 1.58. The number of allylic oxidation sites excluding steroid dienone is 2. The van der Waals surface area contributed by atoms with Gasteiger partial charge in [0.05, 0.1) is 25.5 Å². The molecule has 1 aliphatic carbocycles. The normalized spacial score (nSPS) is 17.0. The fourth-order valence-corrected chi connectivity index (χ4v) is 4.00. The molecule has 1 heterocycles. The lowest BCUT2D eigenvalue weighted by molar-refractivity contribution is -0.143. The van der Waals surface area contributed by atoms with E-state index in [4.69, 9.17) is 9.47 Å². The van der Waals surface area contributed by atoms with Crippen LogP contribution in [0.25, 0.3) is 5.70 Å². The number of dihydropyridines is 1. The summed E-state index contributed by atoms with van der Waals surface area (Å²) >= 11 is 0. The maximum Gasteiger partial charge on any atom is 0.343 e. The standard InChI is InChI=1S/C24H21NO6/c1-13-19(24(28)30-3)20(14-8-10-15(11-9-14)31-12-18(26)29-2)21-22(25-13)16-6-4-5-7-17(16)23(21)27/h4-11,20,25H,12H2,1-3H3/t20-/m0/s1. The van der Waals surface area contributed by atoms with E-state index in [-0.39, 0.29) is 12.4 Å². The van der Waals surface area contributed by atoms with Gasteiger partial charge in [-0.1, -0.05) is 36.4 Å². The van der Waals surface area contributed by atoms with E-state index in [2.05, 4.69) is 10.1 Å². The minimum absolute atomic E-state index is 0.122. The van der Waals surface area contributed by atoms with Crippen LogP contribution in [0.4, 0.5) is 0 Å². The van der Waals surface area contributed by atoms with Crippen molar-refractivity contribution in [2.75, 3.05) is 20.8 Å². The minimum Gasteiger partial charge on any atom is -0.482 e. The highest BCUT2D eigenvalue weighted by atomic mass is 16.6. The number of ketones is 1. The largest absolute Gasteiger partial charge is 0.482 e. The molecule has 0 bridgehead atoms. The van der Waals surface area contributed by atoms with Gasteiger partial charge in [0.1, 0.15) is 5.75 Å². The van der Waals surface area contributed by atoms with E-state index in [1.165, 1.54) is 14.2 Å². The van der Waals surface area contributed by atoms with Crippen molar-refractivity contribution in [3.05, 3.63) is 82.1 Å². The Morgan fingerprint density at radius 1 is 0.968 bits per heavy atom. The predicted octanol–water partition coefficient (Wildman–Crippen LogP) is 2.98. The number of methoxy groups -OCH3 is 2. The average Bonchev–Trinajstić information content (AvgIpc) is 3.08. The first-order chi connectivity index (χ1) is 15.0. The number of Topliss-reactive ketones (excluding diaryl/α,β-unsaturated/α-hetero) is 1. The molecule has 0 unspecified atom stereocenters. The molecule has 2 aliphatic rings. The van der Waals surface area contributed by atoms with Gasteiger partial charge < -0.3 is 19.5 Å². The summed E-state index contributed by atoms with van der Waals surface area (Å²) in [7, 11) is 2.61. The van der Waals surface area contributed by atoms with E-state index in [1.807, 2.05) is 18.2 Å². The molecule has 7 heteroatoms. The van der Waals surface area contributed by atoms with Gasteiger partial charge in [-0.3, -0.25) is 4.79 Å². The van der Waals surface area contributed by atoms with Crippen molar-refractivity contribution in [1.82, 2.24) is 5.32 Å². The number of hydrogen-bond acceptors (Lipinski definition) is 7. The van der Waals surface area contributed by atoms with Gasteiger partial charge in [-0.05, 0) is 24.6 Å². The Kier molecular flexibility index (Phi) is 5.33. The highest BCUT2D eigenvalue weighted by Crippen LogP contribution is 2.46. The topological polar surface area (TPSA) is 90.9 Å². The first-order valence-electron chi connectivity index (χ1n) is 9.70. The van der Waals surface area contributed by atoms with Crippen molar-refractivity contribution in [3.8, 4) is 5.75 Å². The van der Waals surface area contributed by atoms with Crippen molar-refractivity contribution in [3.63, 3.8) is 0 Å². The molecule has 0 amide bonds. The molecule has 1 aliphatic heterocycles. The summed E-state index contributed by atoms with van der Waals surface area (Å²) in [5.41, 5.74) is 4.38. The predicted molar refractivity (Wildman–Crippen MR) is 112 cm³/mol. The zero-order valence-electron chi connectivity index (χ0n) is 17.4. The minimum atomic E-state index is -0.599. The Bertz CT molecular complexity index is 1140. The number of fused-ring (bicyclic) bond motifs is 2. The third-order valence-corrected chi connectivity index (χ3v) is 5.45. The Labute approximate surface area is 179 Å². The fourth-order valence-electron chi connectivity index (χ4n) is 4.00. The van der Waals surface area contributed by atoms with Gasteiger partial charge in [0.15, 0.2) is 12.4 Å². The average molecular weight is 419 g/mol. The van der Waals surface area contributed by atoms with E-state index < -0.39 is 17.9 Å². The second kappa shape index (κ2) is 8.10. The van der Waals surface area contributed by atoms with Gasteiger partial charge in [-0.2, -0.15) is 0 Å². The molecule has 0 spiro atoms. The van der Waals surface area contributed by atoms with Crippen LogP contribution < -0.4 is 10.1 Å². The van der Waals surface area contributed by atoms with Crippen LogP contribution in [0.5, 0.6) is 5.75 Å². The summed E-state index contributed by atoms with van der Waals surface area (Å²) in [4.78, 5) is 37.3. The van der Waals surface area contributed by atoms with Gasteiger partial charge >= 0.3 is 11.9 Å². The van der Waals surface area contributed by atoms with Crippen LogP contribution in [0.15, 0.2) is 65.4 Å². The molecule has 31 heavy (non-hydrogen) atoms. The third kappa shape index (κ3) is 3.48. The number of carbonyl (C=O) groups excluding carboxylic acids is 3. The highest BCUT2D eigenvalue weighted by molar-refractivity contribution is 6.23. The molecule has 2 aromatic carbocycles. The molecule has 0 fully saturated rings. The number of hydrogen-bond donors (Lipinski definition) is 1. The number of ether oxygens (including phenoxy) is 3. The van der Waals surface area contributed by atoms with E-state index in [0.29, 0.717) is 33.9 Å². The Morgan fingerprint density at radius 2 is 1.65 bits per heavy atom. The number of rotatable bonds is 5. The molecule has 158 valence electrons. The van der Waals surface area contributed by atoms with Gasteiger partial charge in [0.25, 0.3) is 0 Å². The van der Waals surface area contributed by atoms with Crippen LogP contribution >= 0.6 is 0 Å². The van der Waals surface area contributed by atoms with E-state index in [9.17, 15) is 14.4 Å². The van der Waals surface area contributed by atoms with Crippen LogP contribution in [0.1, 0.15) is 34.3 Å². The molecule has 2 aromatic rings. The molecule has 4 rings (SSSR count). The summed E-state index contributed by atoms with van der Waals surface area (Å²) in [5.74, 6) is -1.24. The molecular weight excluding hydrogens is 398 g/mol. The zero-order chi connectivity index (χ0) is 22.1. The Balaban J connectivity index is 1.77. The van der Waals surface area contributed by atoms with Gasteiger partial charge in [0.2, 0.25) is 0 Å². The van der Waals surface area contributed by atoms with Crippen LogP contribution in [-0.4, -0.2) is 38.5 Å². The summed E-state index contributed by atoms with van der Waals surface area (Å²) in [6, 6.07) is 14.3. The van der Waals surface area contributed by atoms with Crippen LogP contribution in [0, 0.1) is 0 Å². The fraction of sp³-hybridized carbons (Fsp3) is 0.208. The first-order valence-corrected chi connectivity index (χ1v) is 9.70. The van der Waals surface area contributed by atoms with Gasteiger partial charge in [0, 0.05) is 28.3 Å². The highest BCUT2D eigenvalue weighted by Gasteiger charge is 2.42. The molecule has 1 N–H and O–H groups in total. The van der Waals surface area contributed by atoms with Crippen LogP contribution in [-0.2, 0) is 19.1 Å². The van der Waals surface area contributed by atoms with Crippen LogP contribution in [0.3, 0.4) is 0 Å². The third-order valence-electron chi connectivity index (χ3n) is 5.45. The molecule has 0 saturated heterocycles. The summed E-state index contributed by atoms with van der Waals surface area (Å²) < 4.78 is 15.0. The molecule has 0 radical (unpaired) electrons.